The number of halogens is 2. The number of fused-ring (bicyclic) bond motifs is 2. The van der Waals surface area contributed by atoms with Crippen LogP contribution >= 0.6 is 23.2 Å². The summed E-state index contributed by atoms with van der Waals surface area (Å²) in [4.78, 5) is 24.4. The first-order chi connectivity index (χ1) is 22.3. The summed E-state index contributed by atoms with van der Waals surface area (Å²) in [5, 5.41) is 21.4. The van der Waals surface area contributed by atoms with Gasteiger partial charge in [0.2, 0.25) is 0 Å². The molecule has 0 saturated heterocycles. The van der Waals surface area contributed by atoms with Gasteiger partial charge in [-0.3, -0.25) is 0 Å². The maximum Gasteiger partial charge on any atom is 0.338 e. The van der Waals surface area contributed by atoms with Crippen LogP contribution in [0.4, 0.5) is 0 Å². The molecule has 4 aromatic carbocycles. The van der Waals surface area contributed by atoms with Crippen molar-refractivity contribution in [3.8, 4) is 0 Å². The fraction of sp³-hybridized carbons (Fsp3) is 0.316. The Morgan fingerprint density at radius 3 is 1.37 bits per heavy atom. The Balaban J connectivity index is 0.000000181. The second-order valence-corrected chi connectivity index (χ2v) is 12.9. The highest BCUT2D eigenvalue weighted by atomic mass is 35.5. The number of ether oxygens (including phenoxy) is 2. The van der Waals surface area contributed by atoms with Crippen LogP contribution in [0.1, 0.15) is 68.7 Å². The molecule has 6 rings (SSSR count). The Labute approximate surface area is 279 Å². The number of carbonyl (C=O) groups excluding carboxylic acids is 2. The van der Waals surface area contributed by atoms with Crippen molar-refractivity contribution in [3.63, 3.8) is 0 Å². The number of esters is 2. The topological polar surface area (TPSA) is 93.1 Å². The minimum absolute atomic E-state index is 0.0519. The van der Waals surface area contributed by atoms with E-state index in [9.17, 15) is 19.8 Å². The van der Waals surface area contributed by atoms with Crippen molar-refractivity contribution in [2.45, 2.75) is 49.4 Å². The summed E-state index contributed by atoms with van der Waals surface area (Å²) < 4.78 is 11.0. The summed E-state index contributed by atoms with van der Waals surface area (Å²) in [7, 11) is 0. The summed E-state index contributed by atoms with van der Waals surface area (Å²) in [6, 6.07) is 29.3. The highest BCUT2D eigenvalue weighted by molar-refractivity contribution is 6.31. The first-order valence-electron chi connectivity index (χ1n) is 15.5. The lowest BCUT2D eigenvalue weighted by Gasteiger charge is -2.37. The van der Waals surface area contributed by atoms with E-state index in [-0.39, 0.29) is 38.4 Å². The van der Waals surface area contributed by atoms with Crippen LogP contribution < -0.4 is 0 Å². The first-order valence-corrected chi connectivity index (χ1v) is 16.3. The molecule has 2 aliphatic carbocycles. The normalized spacial score (nSPS) is 19.9. The zero-order valence-corrected chi connectivity index (χ0v) is 27.1. The molecule has 0 aliphatic heterocycles. The van der Waals surface area contributed by atoms with Gasteiger partial charge in [0.05, 0.1) is 35.2 Å². The zero-order valence-electron chi connectivity index (χ0n) is 25.6. The fourth-order valence-corrected chi connectivity index (χ4v) is 6.91. The second kappa shape index (κ2) is 15.3. The molecule has 0 fully saturated rings. The van der Waals surface area contributed by atoms with Gasteiger partial charge in [0.15, 0.2) is 0 Å². The first kappa shape index (κ1) is 33.7. The van der Waals surface area contributed by atoms with Crippen molar-refractivity contribution in [2.24, 2.45) is 0 Å². The van der Waals surface area contributed by atoms with Gasteiger partial charge >= 0.3 is 11.9 Å². The maximum atomic E-state index is 12.2. The standard InChI is InChI=1S/2C19H19ClO3/c2*20-16-8-9-17-15(11-16)7-4-10-19(17,12-21)13-23-18(22)14-5-2-1-3-6-14/h2*1-3,5-6,8-9,11,21H,4,7,10,12-13H2/t2*19-/m10/s1. The molecule has 0 bridgehead atoms. The van der Waals surface area contributed by atoms with Crippen LogP contribution in [-0.2, 0) is 33.1 Å². The third kappa shape index (κ3) is 7.64. The molecule has 0 spiro atoms. The summed E-state index contributed by atoms with van der Waals surface area (Å²) in [5.74, 6) is -0.723. The second-order valence-electron chi connectivity index (χ2n) is 12.1. The van der Waals surface area contributed by atoms with Gasteiger partial charge in [-0.05, 0) is 109 Å². The van der Waals surface area contributed by atoms with E-state index in [0.29, 0.717) is 21.2 Å². The molecule has 0 radical (unpaired) electrons. The molecule has 0 saturated carbocycles. The van der Waals surface area contributed by atoms with E-state index in [1.807, 2.05) is 48.5 Å². The van der Waals surface area contributed by atoms with Gasteiger partial charge in [0, 0.05) is 10.0 Å². The van der Waals surface area contributed by atoms with Crippen LogP contribution in [0, 0.1) is 0 Å². The SMILES string of the molecule is O=C(OC[C@@]1(CO)CCCc2cc(Cl)ccc21)c1ccccc1.O=C(OC[C@]1(CO)CCCc2cc(Cl)ccc21)c1ccccc1. The smallest absolute Gasteiger partial charge is 0.338 e. The highest BCUT2D eigenvalue weighted by Crippen LogP contribution is 2.40. The lowest BCUT2D eigenvalue weighted by atomic mass is 9.71. The third-order valence-electron chi connectivity index (χ3n) is 9.06. The molecule has 4 aromatic rings. The van der Waals surface area contributed by atoms with E-state index in [4.69, 9.17) is 32.7 Å². The molecule has 6 nitrogen and oxygen atoms in total. The van der Waals surface area contributed by atoms with Crippen LogP contribution in [0.2, 0.25) is 10.0 Å². The number of hydrogen-bond acceptors (Lipinski definition) is 6. The maximum absolute atomic E-state index is 12.2. The highest BCUT2D eigenvalue weighted by Gasteiger charge is 2.39. The Morgan fingerprint density at radius 1 is 0.609 bits per heavy atom. The summed E-state index contributed by atoms with van der Waals surface area (Å²) >= 11 is 12.1. The van der Waals surface area contributed by atoms with Crippen LogP contribution in [0.5, 0.6) is 0 Å². The van der Waals surface area contributed by atoms with Gasteiger partial charge < -0.3 is 19.7 Å². The van der Waals surface area contributed by atoms with Crippen molar-refractivity contribution in [1.82, 2.24) is 0 Å². The summed E-state index contributed by atoms with van der Waals surface area (Å²) in [6.45, 7) is 0.241. The van der Waals surface area contributed by atoms with Gasteiger partial charge in [-0.15, -0.1) is 0 Å². The average Bonchev–Trinajstić information content (AvgIpc) is 3.10. The minimum atomic E-state index is -0.539. The predicted octanol–water partition coefficient (Wildman–Crippen LogP) is 7.53. The molecule has 2 aliphatic rings. The molecular formula is C38H38Cl2O6. The largest absolute Gasteiger partial charge is 0.461 e. The average molecular weight is 662 g/mol. The Hall–Kier alpha value is -3.68. The van der Waals surface area contributed by atoms with Crippen LogP contribution in [-0.4, -0.2) is 48.6 Å². The van der Waals surface area contributed by atoms with Crippen LogP contribution in [0.15, 0.2) is 97.1 Å². The number of hydrogen-bond donors (Lipinski definition) is 2. The van der Waals surface area contributed by atoms with Crippen molar-refractivity contribution in [2.75, 3.05) is 26.4 Å². The summed E-state index contributed by atoms with van der Waals surface area (Å²) in [5.41, 5.74) is 4.31. The molecule has 240 valence electrons. The molecule has 0 unspecified atom stereocenters. The van der Waals surface area contributed by atoms with Gasteiger partial charge in [-0.25, -0.2) is 9.59 Å². The van der Waals surface area contributed by atoms with Crippen LogP contribution in [0.25, 0.3) is 0 Å². The van der Waals surface area contributed by atoms with Crippen molar-refractivity contribution in [1.29, 1.82) is 0 Å². The Kier molecular flexibility index (Phi) is 11.2. The van der Waals surface area contributed by atoms with Crippen molar-refractivity contribution in [3.05, 3.63) is 140 Å². The number of aryl methyl sites for hydroxylation is 2. The van der Waals surface area contributed by atoms with E-state index in [2.05, 4.69) is 0 Å². The van der Waals surface area contributed by atoms with Crippen molar-refractivity contribution < 1.29 is 29.3 Å². The quantitative estimate of drug-likeness (QED) is 0.190. The van der Waals surface area contributed by atoms with E-state index in [1.165, 1.54) is 0 Å². The molecule has 0 aromatic heterocycles. The lowest BCUT2D eigenvalue weighted by Crippen LogP contribution is -2.40. The molecule has 0 heterocycles. The number of benzene rings is 4. The van der Waals surface area contributed by atoms with Gasteiger partial charge in [0.1, 0.15) is 13.2 Å². The van der Waals surface area contributed by atoms with E-state index in [0.717, 1.165) is 60.8 Å². The molecule has 2 N–H and O–H groups in total. The van der Waals surface area contributed by atoms with E-state index < -0.39 is 10.8 Å². The Bertz CT molecular complexity index is 1520. The number of aliphatic hydroxyl groups excluding tert-OH is 2. The molecule has 8 heteroatoms. The van der Waals surface area contributed by atoms with Gasteiger partial charge in [0.25, 0.3) is 0 Å². The fourth-order valence-electron chi connectivity index (χ4n) is 6.52. The summed E-state index contributed by atoms with van der Waals surface area (Å²) in [6.07, 6.45) is 5.34. The van der Waals surface area contributed by atoms with Gasteiger partial charge in [-0.2, -0.15) is 0 Å². The predicted molar refractivity (Wildman–Crippen MR) is 180 cm³/mol. The molecule has 0 amide bonds. The van der Waals surface area contributed by atoms with E-state index >= 15 is 0 Å². The monoisotopic (exact) mass is 660 g/mol. The zero-order chi connectivity index (χ0) is 32.6. The number of rotatable bonds is 8. The third-order valence-corrected chi connectivity index (χ3v) is 9.53. The molecule has 46 heavy (non-hydrogen) atoms. The lowest BCUT2D eigenvalue weighted by molar-refractivity contribution is 0.0276. The molecular weight excluding hydrogens is 623 g/mol. The van der Waals surface area contributed by atoms with Gasteiger partial charge in [-0.1, -0.05) is 71.7 Å². The van der Waals surface area contributed by atoms with E-state index in [1.54, 1.807) is 48.5 Å². The number of aliphatic hydroxyl groups is 2. The Morgan fingerprint density at radius 2 is 1.00 bits per heavy atom. The van der Waals surface area contributed by atoms with Crippen molar-refractivity contribution >= 4 is 35.1 Å². The minimum Gasteiger partial charge on any atom is -0.461 e. The van der Waals surface area contributed by atoms with Crippen LogP contribution in [0.3, 0.4) is 0 Å². The number of carbonyl (C=O) groups is 2. The molecule has 2 atom stereocenters.